The molecule has 0 N–H and O–H groups in total. The van der Waals surface area contributed by atoms with Crippen molar-refractivity contribution in [2.45, 2.75) is 32.6 Å². The van der Waals surface area contributed by atoms with E-state index in [0.29, 0.717) is 64.0 Å². The first-order valence-corrected chi connectivity index (χ1v) is 11.6. The lowest BCUT2D eigenvalue weighted by molar-refractivity contribution is -0.0119. The summed E-state index contributed by atoms with van der Waals surface area (Å²) in [5, 5.41) is 0. The van der Waals surface area contributed by atoms with Gasteiger partial charge in [0.25, 0.3) is 11.8 Å². The summed E-state index contributed by atoms with van der Waals surface area (Å²) in [7, 11) is 0. The minimum atomic E-state index is -0.262. The third kappa shape index (κ3) is 9.75. The minimum Gasteiger partial charge on any atom is -0.379 e. The molecule has 0 radical (unpaired) electrons. The average molecular weight is 452 g/mol. The molecular formula is C24H37NO7. The van der Waals surface area contributed by atoms with Crippen LogP contribution in [0.25, 0.3) is 0 Å². The van der Waals surface area contributed by atoms with Gasteiger partial charge in [-0.3, -0.25) is 14.5 Å². The summed E-state index contributed by atoms with van der Waals surface area (Å²) >= 11 is 0. The fourth-order valence-electron chi connectivity index (χ4n) is 3.21. The Labute approximate surface area is 191 Å². The Morgan fingerprint density at radius 1 is 0.594 bits per heavy atom. The second kappa shape index (κ2) is 16.7. The number of imide groups is 1. The molecule has 0 aliphatic carbocycles. The molecule has 1 aliphatic heterocycles. The summed E-state index contributed by atoms with van der Waals surface area (Å²) in [4.78, 5) is 25.7. The van der Waals surface area contributed by atoms with Crippen molar-refractivity contribution in [2.75, 3.05) is 72.6 Å². The molecule has 1 aromatic rings. The fraction of sp³-hybridized carbons (Fsp3) is 0.667. The van der Waals surface area contributed by atoms with E-state index in [0.717, 1.165) is 13.0 Å². The lowest BCUT2D eigenvalue weighted by Gasteiger charge is -2.13. The summed E-state index contributed by atoms with van der Waals surface area (Å²) in [5.41, 5.74) is 0.912. The van der Waals surface area contributed by atoms with Gasteiger partial charge in [-0.25, -0.2) is 0 Å². The highest BCUT2D eigenvalue weighted by molar-refractivity contribution is 6.21. The molecule has 8 heteroatoms. The van der Waals surface area contributed by atoms with Crippen molar-refractivity contribution in [2.24, 2.45) is 0 Å². The van der Waals surface area contributed by atoms with Crippen LogP contribution in [0.2, 0.25) is 0 Å². The average Bonchev–Trinajstić information content (AvgIpc) is 3.05. The van der Waals surface area contributed by atoms with Crippen LogP contribution in [0, 0.1) is 0 Å². The molecule has 0 aromatic heterocycles. The first-order valence-electron chi connectivity index (χ1n) is 11.6. The van der Waals surface area contributed by atoms with Crippen LogP contribution < -0.4 is 0 Å². The number of unbranched alkanes of at least 4 members (excludes halogenated alkanes) is 3. The monoisotopic (exact) mass is 451 g/mol. The molecule has 1 heterocycles. The Bertz CT molecular complexity index is 633. The number of carbonyl (C=O) groups is 2. The first-order chi connectivity index (χ1) is 15.8. The van der Waals surface area contributed by atoms with Crippen LogP contribution in [-0.2, 0) is 23.7 Å². The van der Waals surface area contributed by atoms with E-state index in [1.807, 2.05) is 0 Å². The summed E-state index contributed by atoms with van der Waals surface area (Å²) in [6.07, 6.45) is 4.86. The smallest absolute Gasteiger partial charge is 0.261 e. The number of ether oxygens (including phenoxy) is 5. The molecule has 0 atom stereocenters. The third-order valence-electron chi connectivity index (χ3n) is 4.97. The maximum atomic E-state index is 12.2. The van der Waals surface area contributed by atoms with Crippen LogP contribution >= 0.6 is 0 Å². The normalized spacial score (nSPS) is 13.2. The van der Waals surface area contributed by atoms with E-state index in [2.05, 4.69) is 6.92 Å². The number of nitrogens with zero attached hydrogens (tertiary/aromatic N) is 1. The minimum absolute atomic E-state index is 0.235. The van der Waals surface area contributed by atoms with Gasteiger partial charge in [-0.15, -0.1) is 0 Å². The van der Waals surface area contributed by atoms with E-state index >= 15 is 0 Å². The summed E-state index contributed by atoms with van der Waals surface area (Å²) in [6.45, 7) is 7.60. The number of benzene rings is 1. The highest BCUT2D eigenvalue weighted by Crippen LogP contribution is 2.21. The Morgan fingerprint density at radius 2 is 1.03 bits per heavy atom. The SMILES string of the molecule is CCCCCCOCCOCCOCCOCCOCCN1C(=O)c2ccccc2C1=O. The Hall–Kier alpha value is -1.84. The quantitative estimate of drug-likeness (QED) is 0.223. The Morgan fingerprint density at radius 3 is 1.50 bits per heavy atom. The molecule has 180 valence electrons. The molecule has 1 aliphatic rings. The van der Waals surface area contributed by atoms with E-state index in [1.165, 1.54) is 24.2 Å². The zero-order valence-corrected chi connectivity index (χ0v) is 19.2. The molecule has 2 rings (SSSR count). The van der Waals surface area contributed by atoms with Crippen molar-refractivity contribution in [1.82, 2.24) is 4.90 Å². The van der Waals surface area contributed by atoms with Crippen LogP contribution in [0.5, 0.6) is 0 Å². The molecule has 32 heavy (non-hydrogen) atoms. The lowest BCUT2D eigenvalue weighted by Crippen LogP contribution is -2.33. The molecule has 1 aromatic carbocycles. The van der Waals surface area contributed by atoms with Gasteiger partial charge in [0, 0.05) is 6.61 Å². The van der Waals surface area contributed by atoms with E-state index in [1.54, 1.807) is 24.3 Å². The van der Waals surface area contributed by atoms with Gasteiger partial charge in [0.1, 0.15) is 0 Å². The molecule has 8 nitrogen and oxygen atoms in total. The summed E-state index contributed by atoms with van der Waals surface area (Å²) in [6, 6.07) is 6.85. The summed E-state index contributed by atoms with van der Waals surface area (Å²) in [5.74, 6) is -0.525. The number of rotatable bonds is 20. The van der Waals surface area contributed by atoms with E-state index in [-0.39, 0.29) is 25.0 Å². The molecule has 0 saturated carbocycles. The van der Waals surface area contributed by atoms with Crippen molar-refractivity contribution in [3.63, 3.8) is 0 Å². The van der Waals surface area contributed by atoms with Gasteiger partial charge in [-0.2, -0.15) is 0 Å². The van der Waals surface area contributed by atoms with Gasteiger partial charge >= 0.3 is 0 Å². The fourth-order valence-corrected chi connectivity index (χ4v) is 3.21. The molecule has 0 unspecified atom stereocenters. The van der Waals surface area contributed by atoms with Gasteiger partial charge in [-0.1, -0.05) is 38.3 Å². The molecule has 0 saturated heterocycles. The van der Waals surface area contributed by atoms with Gasteiger partial charge in [-0.05, 0) is 18.6 Å². The molecule has 0 bridgehead atoms. The molecule has 2 amide bonds. The molecule has 0 spiro atoms. The van der Waals surface area contributed by atoms with Gasteiger partial charge in [0.2, 0.25) is 0 Å². The molecular weight excluding hydrogens is 414 g/mol. The van der Waals surface area contributed by atoms with Crippen LogP contribution in [0.1, 0.15) is 53.3 Å². The van der Waals surface area contributed by atoms with E-state index in [4.69, 9.17) is 23.7 Å². The van der Waals surface area contributed by atoms with Crippen molar-refractivity contribution in [1.29, 1.82) is 0 Å². The lowest BCUT2D eigenvalue weighted by atomic mass is 10.1. The summed E-state index contributed by atoms with van der Waals surface area (Å²) < 4.78 is 27.3. The van der Waals surface area contributed by atoms with Gasteiger partial charge in [0.05, 0.1) is 77.1 Å². The number of fused-ring (bicyclic) bond motifs is 1. The maximum absolute atomic E-state index is 12.2. The van der Waals surface area contributed by atoms with Crippen LogP contribution in [0.15, 0.2) is 24.3 Å². The second-order valence-corrected chi connectivity index (χ2v) is 7.43. The van der Waals surface area contributed by atoms with Crippen LogP contribution in [-0.4, -0.2) is 89.3 Å². The first kappa shape index (κ1) is 26.4. The Balaban J connectivity index is 1.32. The predicted molar refractivity (Wildman–Crippen MR) is 120 cm³/mol. The zero-order chi connectivity index (χ0) is 22.9. The maximum Gasteiger partial charge on any atom is 0.261 e. The standard InChI is InChI=1S/C24H37NO7/c1-2-3-4-7-11-28-13-15-30-17-19-32-20-18-31-16-14-29-12-10-25-23(26)21-8-5-6-9-22(21)24(25)27/h5-6,8-9H,2-4,7,10-20H2,1H3. The second-order valence-electron chi connectivity index (χ2n) is 7.43. The predicted octanol–water partition coefficient (Wildman–Crippen LogP) is 2.95. The number of carbonyl (C=O) groups excluding carboxylic acids is 2. The van der Waals surface area contributed by atoms with Crippen LogP contribution in [0.3, 0.4) is 0 Å². The number of hydrogen-bond acceptors (Lipinski definition) is 7. The highest BCUT2D eigenvalue weighted by Gasteiger charge is 2.34. The third-order valence-corrected chi connectivity index (χ3v) is 4.97. The number of amides is 2. The van der Waals surface area contributed by atoms with Crippen LogP contribution in [0.4, 0.5) is 0 Å². The topological polar surface area (TPSA) is 83.5 Å². The molecule has 0 fully saturated rings. The highest BCUT2D eigenvalue weighted by atomic mass is 16.6. The van der Waals surface area contributed by atoms with Gasteiger partial charge in [0.15, 0.2) is 0 Å². The van der Waals surface area contributed by atoms with Crippen molar-refractivity contribution in [3.05, 3.63) is 35.4 Å². The van der Waals surface area contributed by atoms with E-state index in [9.17, 15) is 9.59 Å². The zero-order valence-electron chi connectivity index (χ0n) is 19.2. The largest absolute Gasteiger partial charge is 0.379 e. The van der Waals surface area contributed by atoms with Gasteiger partial charge < -0.3 is 23.7 Å². The Kier molecular flexibility index (Phi) is 13.8. The van der Waals surface area contributed by atoms with Crippen molar-refractivity contribution in [3.8, 4) is 0 Å². The van der Waals surface area contributed by atoms with Crippen molar-refractivity contribution >= 4 is 11.8 Å². The number of hydrogen-bond donors (Lipinski definition) is 0. The van der Waals surface area contributed by atoms with Crippen molar-refractivity contribution < 1.29 is 33.3 Å². The van der Waals surface area contributed by atoms with E-state index < -0.39 is 0 Å².